The lowest BCUT2D eigenvalue weighted by atomic mass is 9.95. The highest BCUT2D eigenvalue weighted by Crippen LogP contribution is 2.31. The van der Waals surface area contributed by atoms with Crippen molar-refractivity contribution in [2.24, 2.45) is 7.05 Å². The minimum atomic E-state index is 0.131. The van der Waals surface area contributed by atoms with Gasteiger partial charge >= 0.3 is 0 Å². The van der Waals surface area contributed by atoms with Crippen LogP contribution < -0.4 is 0 Å². The molecule has 0 saturated carbocycles. The standard InChI is InChI=1S/C28H22N4O2/c1-31-17-24(30-28(31)20-9-6-18(14-29)7-10-20)21-15-32(16-21)27(33)13-19-8-11-26-23(12-19)22-4-2-3-5-25(22)34-26/h2-12,17,21H,13,15-16H2,1H3. The summed E-state index contributed by atoms with van der Waals surface area (Å²) in [7, 11) is 1.97. The molecule has 0 spiro atoms. The first-order valence-electron chi connectivity index (χ1n) is 11.3. The summed E-state index contributed by atoms with van der Waals surface area (Å²) in [6, 6.07) is 23.6. The van der Waals surface area contributed by atoms with Gasteiger partial charge in [0.15, 0.2) is 0 Å². The number of nitrogens with zero attached hydrogens (tertiary/aromatic N) is 4. The zero-order valence-electron chi connectivity index (χ0n) is 18.7. The van der Waals surface area contributed by atoms with Crippen LogP contribution in [0.5, 0.6) is 0 Å². The van der Waals surface area contributed by atoms with Gasteiger partial charge < -0.3 is 13.9 Å². The number of benzene rings is 3. The molecule has 0 N–H and O–H groups in total. The van der Waals surface area contributed by atoms with Crippen LogP contribution in [0, 0.1) is 11.3 Å². The van der Waals surface area contributed by atoms with E-state index >= 15 is 0 Å². The molecule has 166 valence electrons. The van der Waals surface area contributed by atoms with Crippen molar-refractivity contribution in [1.29, 1.82) is 5.26 Å². The average Bonchev–Trinajstić information content (AvgIpc) is 3.38. The van der Waals surface area contributed by atoms with Crippen LogP contribution in [0.1, 0.15) is 22.7 Å². The molecular weight excluding hydrogens is 424 g/mol. The van der Waals surface area contributed by atoms with Crippen LogP contribution in [-0.4, -0.2) is 33.4 Å². The number of imidazole rings is 1. The van der Waals surface area contributed by atoms with E-state index < -0.39 is 0 Å². The maximum atomic E-state index is 12.9. The SMILES string of the molecule is Cn1cc(C2CN(C(=O)Cc3ccc4oc5ccccc5c4c3)C2)nc1-c1ccc(C#N)cc1. The summed E-state index contributed by atoms with van der Waals surface area (Å²) in [6.45, 7) is 1.36. The van der Waals surface area contributed by atoms with E-state index in [0.717, 1.165) is 44.6 Å². The van der Waals surface area contributed by atoms with Crippen LogP contribution in [0.4, 0.5) is 0 Å². The molecule has 0 bridgehead atoms. The molecule has 0 aliphatic carbocycles. The largest absolute Gasteiger partial charge is 0.456 e. The van der Waals surface area contributed by atoms with Crippen LogP contribution >= 0.6 is 0 Å². The van der Waals surface area contributed by atoms with Crippen molar-refractivity contribution >= 4 is 27.8 Å². The molecule has 6 heteroatoms. The Bertz CT molecular complexity index is 1580. The molecule has 0 radical (unpaired) electrons. The molecule has 34 heavy (non-hydrogen) atoms. The van der Waals surface area contributed by atoms with Gasteiger partial charge in [0.25, 0.3) is 0 Å². The number of hydrogen-bond acceptors (Lipinski definition) is 4. The molecule has 6 nitrogen and oxygen atoms in total. The van der Waals surface area contributed by atoms with Gasteiger partial charge in [-0.25, -0.2) is 4.98 Å². The lowest BCUT2D eigenvalue weighted by Crippen LogP contribution is -2.49. The Kier molecular flexibility index (Phi) is 4.70. The predicted octanol–water partition coefficient (Wildman–Crippen LogP) is 5.03. The second kappa shape index (κ2) is 7.89. The molecule has 6 rings (SSSR count). The number of aryl methyl sites for hydroxylation is 1. The first-order valence-corrected chi connectivity index (χ1v) is 11.3. The molecule has 1 saturated heterocycles. The minimum Gasteiger partial charge on any atom is -0.456 e. The number of hydrogen-bond donors (Lipinski definition) is 0. The van der Waals surface area contributed by atoms with Crippen molar-refractivity contribution in [2.45, 2.75) is 12.3 Å². The number of furan rings is 1. The summed E-state index contributed by atoms with van der Waals surface area (Å²) in [5.41, 5.74) is 5.30. The monoisotopic (exact) mass is 446 g/mol. The first-order chi connectivity index (χ1) is 16.6. The van der Waals surface area contributed by atoms with Crippen molar-refractivity contribution in [3.8, 4) is 17.5 Å². The van der Waals surface area contributed by atoms with Crippen molar-refractivity contribution < 1.29 is 9.21 Å². The third-order valence-corrected chi connectivity index (χ3v) is 6.62. The Hall–Kier alpha value is -4.37. The highest BCUT2D eigenvalue weighted by Gasteiger charge is 2.33. The minimum absolute atomic E-state index is 0.131. The van der Waals surface area contributed by atoms with E-state index in [0.29, 0.717) is 25.1 Å². The van der Waals surface area contributed by atoms with Gasteiger partial charge in [0.1, 0.15) is 17.0 Å². The number of carbonyl (C=O) groups is 1. The van der Waals surface area contributed by atoms with Crippen LogP contribution in [0.15, 0.2) is 77.3 Å². The molecule has 0 atom stereocenters. The molecule has 0 unspecified atom stereocenters. The van der Waals surface area contributed by atoms with E-state index in [9.17, 15) is 4.79 Å². The lowest BCUT2D eigenvalue weighted by molar-refractivity contribution is -0.134. The number of nitriles is 1. The third-order valence-electron chi connectivity index (χ3n) is 6.62. The van der Waals surface area contributed by atoms with Crippen LogP contribution in [0.2, 0.25) is 0 Å². The quantitative estimate of drug-likeness (QED) is 0.388. The molecule has 2 aromatic heterocycles. The van der Waals surface area contributed by atoms with Gasteiger partial charge in [0, 0.05) is 48.6 Å². The first kappa shape index (κ1) is 20.3. The maximum Gasteiger partial charge on any atom is 0.227 e. The smallest absolute Gasteiger partial charge is 0.227 e. The van der Waals surface area contributed by atoms with Crippen LogP contribution in [-0.2, 0) is 18.3 Å². The van der Waals surface area contributed by atoms with Gasteiger partial charge in [-0.3, -0.25) is 4.79 Å². The number of fused-ring (bicyclic) bond motifs is 3. The average molecular weight is 447 g/mol. The van der Waals surface area contributed by atoms with Crippen LogP contribution in [0.25, 0.3) is 33.3 Å². The summed E-state index contributed by atoms with van der Waals surface area (Å²) in [6.07, 6.45) is 2.42. The van der Waals surface area contributed by atoms with E-state index in [2.05, 4.69) is 12.1 Å². The Labute approximate surface area is 196 Å². The maximum absolute atomic E-state index is 12.9. The van der Waals surface area contributed by atoms with Crippen molar-refractivity contribution in [2.75, 3.05) is 13.1 Å². The fourth-order valence-electron chi connectivity index (χ4n) is 4.69. The fourth-order valence-corrected chi connectivity index (χ4v) is 4.69. The van der Waals surface area contributed by atoms with Gasteiger partial charge in [-0.05, 0) is 48.0 Å². The molecule has 1 aliphatic heterocycles. The van der Waals surface area contributed by atoms with Gasteiger partial charge in [-0.15, -0.1) is 0 Å². The van der Waals surface area contributed by atoms with E-state index in [1.165, 1.54) is 0 Å². The highest BCUT2D eigenvalue weighted by atomic mass is 16.3. The summed E-state index contributed by atoms with van der Waals surface area (Å²) in [4.78, 5) is 19.6. The number of para-hydroxylation sites is 1. The summed E-state index contributed by atoms with van der Waals surface area (Å²) in [5, 5.41) is 11.1. The fraction of sp³-hybridized carbons (Fsp3) is 0.179. The zero-order valence-corrected chi connectivity index (χ0v) is 18.7. The van der Waals surface area contributed by atoms with E-state index in [-0.39, 0.29) is 11.8 Å². The Morgan fingerprint density at radius 1 is 1.06 bits per heavy atom. The number of likely N-dealkylation sites (tertiary alicyclic amines) is 1. The van der Waals surface area contributed by atoms with E-state index in [1.54, 1.807) is 12.1 Å². The second-order valence-corrected chi connectivity index (χ2v) is 8.89. The Morgan fingerprint density at radius 2 is 1.82 bits per heavy atom. The molecule has 5 aromatic rings. The highest BCUT2D eigenvalue weighted by molar-refractivity contribution is 6.05. The lowest BCUT2D eigenvalue weighted by Gasteiger charge is -2.38. The summed E-state index contributed by atoms with van der Waals surface area (Å²) in [5.74, 6) is 1.24. The van der Waals surface area contributed by atoms with Crippen molar-refractivity contribution in [3.05, 3.63) is 89.7 Å². The van der Waals surface area contributed by atoms with Gasteiger partial charge in [-0.2, -0.15) is 5.26 Å². The van der Waals surface area contributed by atoms with Crippen molar-refractivity contribution in [3.63, 3.8) is 0 Å². The third kappa shape index (κ3) is 3.43. The molecule has 1 fully saturated rings. The van der Waals surface area contributed by atoms with Gasteiger partial charge in [-0.1, -0.05) is 24.3 Å². The Balaban J connectivity index is 1.14. The molecular formula is C28H22N4O2. The number of carbonyl (C=O) groups excluding carboxylic acids is 1. The summed E-state index contributed by atoms with van der Waals surface area (Å²) < 4.78 is 7.90. The normalized spacial score (nSPS) is 13.8. The second-order valence-electron chi connectivity index (χ2n) is 8.89. The van der Waals surface area contributed by atoms with Gasteiger partial charge in [0.2, 0.25) is 5.91 Å². The molecule has 1 aliphatic rings. The van der Waals surface area contributed by atoms with Crippen LogP contribution in [0.3, 0.4) is 0 Å². The predicted molar refractivity (Wildman–Crippen MR) is 130 cm³/mol. The Morgan fingerprint density at radius 3 is 2.62 bits per heavy atom. The number of aromatic nitrogens is 2. The summed E-state index contributed by atoms with van der Waals surface area (Å²) >= 11 is 0. The van der Waals surface area contributed by atoms with Gasteiger partial charge in [0.05, 0.1) is 23.7 Å². The molecule has 1 amide bonds. The molecule has 3 heterocycles. The van der Waals surface area contributed by atoms with Crippen molar-refractivity contribution in [1.82, 2.24) is 14.5 Å². The number of amides is 1. The van der Waals surface area contributed by atoms with E-state index in [1.807, 2.05) is 71.2 Å². The molecule has 3 aromatic carbocycles. The zero-order chi connectivity index (χ0) is 23.2. The number of rotatable bonds is 4. The van der Waals surface area contributed by atoms with E-state index in [4.69, 9.17) is 14.7 Å². The topological polar surface area (TPSA) is 75.1 Å².